The van der Waals surface area contributed by atoms with E-state index in [2.05, 4.69) is 19.2 Å². The Hall–Kier alpha value is -2.74. The van der Waals surface area contributed by atoms with Gasteiger partial charge in [-0.05, 0) is 37.6 Å². The molecule has 8 heteroatoms. The summed E-state index contributed by atoms with van der Waals surface area (Å²) in [4.78, 5) is 26.1. The topological polar surface area (TPSA) is 71.5 Å². The quantitative estimate of drug-likeness (QED) is 0.693. The number of aryl methyl sites for hydroxylation is 1. The highest BCUT2D eigenvalue weighted by molar-refractivity contribution is 7.09. The summed E-state index contributed by atoms with van der Waals surface area (Å²) in [5.41, 5.74) is 1.27. The van der Waals surface area contributed by atoms with Crippen molar-refractivity contribution in [1.82, 2.24) is 19.2 Å². The molecule has 1 fully saturated rings. The predicted molar refractivity (Wildman–Crippen MR) is 106 cm³/mol. The van der Waals surface area contributed by atoms with E-state index in [1.165, 1.54) is 11.5 Å². The predicted octanol–water partition coefficient (Wildman–Crippen LogP) is 2.76. The fourth-order valence-corrected chi connectivity index (χ4v) is 3.96. The molecule has 0 atom stereocenters. The van der Waals surface area contributed by atoms with E-state index in [-0.39, 0.29) is 5.91 Å². The summed E-state index contributed by atoms with van der Waals surface area (Å²) < 4.78 is 9.50. The first kappa shape index (κ1) is 17.7. The highest BCUT2D eigenvalue weighted by Gasteiger charge is 2.22. The van der Waals surface area contributed by atoms with Crippen LogP contribution < -0.4 is 9.64 Å². The van der Waals surface area contributed by atoms with Gasteiger partial charge in [-0.3, -0.25) is 4.79 Å². The average molecular weight is 383 g/mol. The number of aromatic nitrogens is 3. The SMILES string of the molecule is COc1ccc2nc(C(=O)N3CCCN(c4nc(C)ns4)CC3)ccc2c1. The minimum absolute atomic E-state index is 0.0250. The second-order valence-electron chi connectivity index (χ2n) is 6.51. The zero-order chi connectivity index (χ0) is 18.8. The first-order chi connectivity index (χ1) is 13.1. The number of ether oxygens (including phenoxy) is 1. The van der Waals surface area contributed by atoms with Gasteiger partial charge < -0.3 is 14.5 Å². The zero-order valence-electron chi connectivity index (χ0n) is 15.4. The van der Waals surface area contributed by atoms with Crippen LogP contribution in [0.25, 0.3) is 10.9 Å². The number of benzene rings is 1. The number of pyridine rings is 1. The molecule has 140 valence electrons. The molecule has 3 aromatic rings. The van der Waals surface area contributed by atoms with Crippen molar-refractivity contribution in [1.29, 1.82) is 0 Å². The summed E-state index contributed by atoms with van der Waals surface area (Å²) in [6.45, 7) is 4.90. The maximum absolute atomic E-state index is 13.0. The fourth-order valence-electron chi connectivity index (χ4n) is 3.24. The summed E-state index contributed by atoms with van der Waals surface area (Å²) in [6, 6.07) is 9.38. The molecule has 0 N–H and O–H groups in total. The van der Waals surface area contributed by atoms with E-state index < -0.39 is 0 Å². The van der Waals surface area contributed by atoms with Crippen molar-refractivity contribution in [2.24, 2.45) is 0 Å². The Morgan fingerprint density at radius 3 is 2.78 bits per heavy atom. The molecule has 1 aliphatic heterocycles. The lowest BCUT2D eigenvalue weighted by molar-refractivity contribution is 0.0761. The first-order valence-corrected chi connectivity index (χ1v) is 9.71. The summed E-state index contributed by atoms with van der Waals surface area (Å²) in [7, 11) is 1.64. The Balaban J connectivity index is 1.49. The third-order valence-corrected chi connectivity index (χ3v) is 5.55. The lowest BCUT2D eigenvalue weighted by Crippen LogP contribution is -2.35. The Morgan fingerprint density at radius 1 is 1.11 bits per heavy atom. The largest absolute Gasteiger partial charge is 0.497 e. The second kappa shape index (κ2) is 7.48. The van der Waals surface area contributed by atoms with Crippen molar-refractivity contribution in [3.05, 3.63) is 41.9 Å². The van der Waals surface area contributed by atoms with Gasteiger partial charge in [-0.15, -0.1) is 0 Å². The molecule has 1 aliphatic rings. The van der Waals surface area contributed by atoms with Crippen LogP contribution in [0.3, 0.4) is 0 Å². The van der Waals surface area contributed by atoms with Crippen LogP contribution in [0.15, 0.2) is 30.3 Å². The van der Waals surface area contributed by atoms with Crippen molar-refractivity contribution < 1.29 is 9.53 Å². The standard InChI is InChI=1S/C19H21N5O2S/c1-13-20-19(27-22-13)24-9-3-8-23(10-11-24)18(25)17-6-4-14-12-15(26-2)5-7-16(14)21-17/h4-7,12H,3,8-11H2,1-2H3. The molecule has 1 aromatic carbocycles. The normalized spacial score (nSPS) is 15.0. The molecular weight excluding hydrogens is 362 g/mol. The van der Waals surface area contributed by atoms with Gasteiger partial charge in [0, 0.05) is 43.1 Å². The molecule has 7 nitrogen and oxygen atoms in total. The minimum Gasteiger partial charge on any atom is -0.497 e. The van der Waals surface area contributed by atoms with Crippen molar-refractivity contribution in [2.75, 3.05) is 38.2 Å². The maximum atomic E-state index is 13.0. The number of methoxy groups -OCH3 is 1. The molecule has 2 aromatic heterocycles. The molecule has 0 saturated carbocycles. The minimum atomic E-state index is -0.0250. The van der Waals surface area contributed by atoms with E-state index in [1.54, 1.807) is 13.2 Å². The van der Waals surface area contributed by atoms with E-state index >= 15 is 0 Å². The number of hydrogen-bond acceptors (Lipinski definition) is 7. The number of hydrogen-bond donors (Lipinski definition) is 0. The molecule has 27 heavy (non-hydrogen) atoms. The Kier molecular flexibility index (Phi) is 4.89. The molecule has 1 amide bonds. The van der Waals surface area contributed by atoms with Crippen molar-refractivity contribution in [3.8, 4) is 5.75 Å². The fraction of sp³-hybridized carbons (Fsp3) is 0.368. The van der Waals surface area contributed by atoms with Gasteiger partial charge in [-0.25, -0.2) is 9.97 Å². The molecule has 0 bridgehead atoms. The van der Waals surface area contributed by atoms with Crippen LogP contribution in [0, 0.1) is 6.92 Å². The van der Waals surface area contributed by atoms with Gasteiger partial charge in [0.2, 0.25) is 5.13 Å². The number of carbonyl (C=O) groups is 1. The summed E-state index contributed by atoms with van der Waals surface area (Å²) in [5, 5.41) is 1.89. The van der Waals surface area contributed by atoms with Crippen LogP contribution in [0.1, 0.15) is 22.7 Å². The second-order valence-corrected chi connectivity index (χ2v) is 7.24. The molecule has 3 heterocycles. The van der Waals surface area contributed by atoms with Gasteiger partial charge in [0.05, 0.1) is 12.6 Å². The van der Waals surface area contributed by atoms with E-state index in [4.69, 9.17) is 4.74 Å². The molecule has 4 rings (SSSR count). The molecular formula is C19H21N5O2S. The lowest BCUT2D eigenvalue weighted by Gasteiger charge is -2.21. The third-order valence-electron chi connectivity index (χ3n) is 4.69. The number of rotatable bonds is 3. The third kappa shape index (κ3) is 3.71. The Morgan fingerprint density at radius 2 is 2.00 bits per heavy atom. The summed E-state index contributed by atoms with van der Waals surface area (Å²) in [5.74, 6) is 1.55. The smallest absolute Gasteiger partial charge is 0.272 e. The van der Waals surface area contributed by atoms with Crippen LogP contribution in [0.4, 0.5) is 5.13 Å². The number of amides is 1. The van der Waals surface area contributed by atoms with E-state index in [0.717, 1.165) is 53.7 Å². The van der Waals surface area contributed by atoms with Gasteiger partial charge in [0.1, 0.15) is 17.3 Å². The Labute approximate surface area is 161 Å². The lowest BCUT2D eigenvalue weighted by atomic mass is 10.2. The first-order valence-electron chi connectivity index (χ1n) is 8.93. The van der Waals surface area contributed by atoms with E-state index in [0.29, 0.717) is 12.2 Å². The maximum Gasteiger partial charge on any atom is 0.272 e. The molecule has 1 saturated heterocycles. The van der Waals surface area contributed by atoms with Crippen LogP contribution in [-0.4, -0.2) is 58.4 Å². The monoisotopic (exact) mass is 383 g/mol. The van der Waals surface area contributed by atoms with Crippen LogP contribution in [0.2, 0.25) is 0 Å². The van der Waals surface area contributed by atoms with E-state index in [1.807, 2.05) is 36.1 Å². The highest BCUT2D eigenvalue weighted by Crippen LogP contribution is 2.21. The molecule has 0 aliphatic carbocycles. The van der Waals surface area contributed by atoms with Gasteiger partial charge in [0.15, 0.2) is 0 Å². The Bertz CT molecular complexity index is 974. The van der Waals surface area contributed by atoms with Gasteiger partial charge in [-0.2, -0.15) is 4.37 Å². The van der Waals surface area contributed by atoms with E-state index in [9.17, 15) is 4.79 Å². The van der Waals surface area contributed by atoms with Gasteiger partial charge in [-0.1, -0.05) is 6.07 Å². The van der Waals surface area contributed by atoms with Crippen molar-refractivity contribution in [2.45, 2.75) is 13.3 Å². The van der Waals surface area contributed by atoms with Gasteiger partial charge >= 0.3 is 0 Å². The number of fused-ring (bicyclic) bond motifs is 1. The molecule has 0 radical (unpaired) electrons. The number of carbonyl (C=O) groups excluding carboxylic acids is 1. The van der Waals surface area contributed by atoms with Crippen LogP contribution in [0.5, 0.6) is 5.75 Å². The zero-order valence-corrected chi connectivity index (χ0v) is 16.2. The van der Waals surface area contributed by atoms with Crippen molar-refractivity contribution >= 4 is 33.5 Å². The van der Waals surface area contributed by atoms with Crippen LogP contribution in [-0.2, 0) is 0 Å². The van der Waals surface area contributed by atoms with Crippen molar-refractivity contribution in [3.63, 3.8) is 0 Å². The average Bonchev–Trinajstić information content (AvgIpc) is 2.98. The van der Waals surface area contributed by atoms with Crippen LogP contribution >= 0.6 is 11.5 Å². The summed E-state index contributed by atoms with van der Waals surface area (Å²) in [6.07, 6.45) is 0.898. The molecule has 0 unspecified atom stereocenters. The summed E-state index contributed by atoms with van der Waals surface area (Å²) >= 11 is 1.41. The highest BCUT2D eigenvalue weighted by atomic mass is 32.1. The number of nitrogens with zero attached hydrogens (tertiary/aromatic N) is 5. The molecule has 0 spiro atoms. The van der Waals surface area contributed by atoms with Gasteiger partial charge in [0.25, 0.3) is 5.91 Å². The number of anilines is 1.